The van der Waals surface area contributed by atoms with E-state index < -0.39 is 0 Å². The number of nitrogens with zero attached hydrogens (tertiary/aromatic N) is 2. The van der Waals surface area contributed by atoms with Crippen molar-refractivity contribution in [2.75, 3.05) is 0 Å². The summed E-state index contributed by atoms with van der Waals surface area (Å²) < 4.78 is 11.6. The van der Waals surface area contributed by atoms with Gasteiger partial charge in [0.05, 0.1) is 30.3 Å². The van der Waals surface area contributed by atoms with Crippen LogP contribution in [0.1, 0.15) is 39.7 Å². The molecule has 1 aromatic carbocycles. The van der Waals surface area contributed by atoms with E-state index in [1.165, 1.54) is 6.21 Å². The van der Waals surface area contributed by atoms with Gasteiger partial charge >= 0.3 is 0 Å². The van der Waals surface area contributed by atoms with E-state index in [-0.39, 0.29) is 47.7 Å². The van der Waals surface area contributed by atoms with Crippen LogP contribution in [-0.2, 0) is 9.59 Å². The van der Waals surface area contributed by atoms with Crippen molar-refractivity contribution in [1.82, 2.24) is 5.01 Å². The molecule has 0 aromatic heterocycles. The number of hydrogen-bond donors (Lipinski definition) is 0. The first-order chi connectivity index (χ1) is 13.3. The first-order valence-corrected chi connectivity index (χ1v) is 9.92. The van der Waals surface area contributed by atoms with Gasteiger partial charge in [0.15, 0.2) is 0 Å². The fourth-order valence-corrected chi connectivity index (χ4v) is 4.44. The van der Waals surface area contributed by atoms with Crippen molar-refractivity contribution in [3.8, 4) is 11.5 Å². The maximum Gasteiger partial charge on any atom is 0.254 e. The Morgan fingerprint density at radius 3 is 2.18 bits per heavy atom. The number of hydrogen-bond acceptors (Lipinski definition) is 5. The van der Waals surface area contributed by atoms with Crippen LogP contribution in [0.3, 0.4) is 0 Å². The van der Waals surface area contributed by atoms with Crippen LogP contribution in [0.5, 0.6) is 11.5 Å². The molecule has 2 aliphatic carbocycles. The van der Waals surface area contributed by atoms with Gasteiger partial charge in [-0.3, -0.25) is 9.59 Å². The largest absolute Gasteiger partial charge is 0.491 e. The third-order valence-electron chi connectivity index (χ3n) is 5.48. The van der Waals surface area contributed by atoms with Crippen LogP contribution in [0.25, 0.3) is 0 Å². The smallest absolute Gasteiger partial charge is 0.254 e. The first-order valence-electron chi connectivity index (χ1n) is 9.92. The zero-order valence-electron chi connectivity index (χ0n) is 16.7. The number of fused-ring (bicyclic) bond motifs is 5. The lowest BCUT2D eigenvalue weighted by Gasteiger charge is -2.16. The van der Waals surface area contributed by atoms with Gasteiger partial charge in [0, 0.05) is 11.6 Å². The number of benzene rings is 1. The lowest BCUT2D eigenvalue weighted by atomic mass is 9.85. The molecule has 4 atom stereocenters. The molecular formula is C22H26N2O4. The molecule has 1 aliphatic heterocycles. The van der Waals surface area contributed by atoms with Crippen molar-refractivity contribution in [2.24, 2.45) is 28.8 Å². The van der Waals surface area contributed by atoms with Crippen LogP contribution >= 0.6 is 0 Å². The molecule has 1 aromatic rings. The van der Waals surface area contributed by atoms with E-state index in [2.05, 4.69) is 17.3 Å². The molecule has 0 N–H and O–H groups in total. The molecule has 6 heteroatoms. The summed E-state index contributed by atoms with van der Waals surface area (Å²) in [5, 5.41) is 5.31. The lowest BCUT2D eigenvalue weighted by molar-refractivity contribution is -0.140. The summed E-state index contributed by atoms with van der Waals surface area (Å²) in [7, 11) is 0. The van der Waals surface area contributed by atoms with Crippen LogP contribution in [-0.4, -0.2) is 35.2 Å². The van der Waals surface area contributed by atoms with Crippen molar-refractivity contribution < 1.29 is 19.1 Å². The summed E-state index contributed by atoms with van der Waals surface area (Å²) in [6.45, 7) is 7.80. The van der Waals surface area contributed by atoms with Gasteiger partial charge in [0.25, 0.3) is 11.8 Å². The molecule has 28 heavy (non-hydrogen) atoms. The molecule has 6 nitrogen and oxygen atoms in total. The second-order valence-electron chi connectivity index (χ2n) is 8.27. The van der Waals surface area contributed by atoms with Crippen LogP contribution in [0, 0.1) is 23.7 Å². The summed E-state index contributed by atoms with van der Waals surface area (Å²) in [4.78, 5) is 25.5. The Morgan fingerprint density at radius 1 is 1.00 bits per heavy atom. The zero-order chi connectivity index (χ0) is 20.0. The quantitative estimate of drug-likeness (QED) is 0.430. The van der Waals surface area contributed by atoms with Crippen molar-refractivity contribution >= 4 is 18.0 Å². The molecule has 0 spiro atoms. The predicted molar refractivity (Wildman–Crippen MR) is 105 cm³/mol. The summed E-state index contributed by atoms with van der Waals surface area (Å²) in [6, 6.07) is 5.48. The fourth-order valence-electron chi connectivity index (χ4n) is 4.44. The molecule has 2 bridgehead atoms. The van der Waals surface area contributed by atoms with Gasteiger partial charge in [0.2, 0.25) is 0 Å². The minimum atomic E-state index is -0.243. The number of hydrazone groups is 1. The summed E-state index contributed by atoms with van der Waals surface area (Å²) in [6.07, 6.45) is 6.61. The maximum absolute atomic E-state index is 12.8. The molecule has 4 rings (SSSR count). The number of carbonyl (C=O) groups is 2. The molecule has 2 fully saturated rings. The second-order valence-corrected chi connectivity index (χ2v) is 8.27. The van der Waals surface area contributed by atoms with Crippen LogP contribution in [0.2, 0.25) is 0 Å². The minimum Gasteiger partial charge on any atom is -0.491 e. The average molecular weight is 382 g/mol. The lowest BCUT2D eigenvalue weighted by Crippen LogP contribution is -2.28. The van der Waals surface area contributed by atoms with Crippen LogP contribution in [0.4, 0.5) is 0 Å². The molecule has 2 amide bonds. The first kappa shape index (κ1) is 18.7. The molecular weight excluding hydrogens is 356 g/mol. The average Bonchev–Trinajstić information content (AvgIpc) is 3.28. The summed E-state index contributed by atoms with van der Waals surface area (Å²) >= 11 is 0. The highest BCUT2D eigenvalue weighted by molar-refractivity contribution is 6.06. The normalized spacial score (nSPS) is 28.3. The highest BCUT2D eigenvalue weighted by Crippen LogP contribution is 2.52. The van der Waals surface area contributed by atoms with Gasteiger partial charge in [-0.15, -0.1) is 0 Å². The van der Waals surface area contributed by atoms with E-state index in [1.54, 1.807) is 0 Å². The van der Waals surface area contributed by atoms with Crippen LogP contribution in [0.15, 0.2) is 35.5 Å². The monoisotopic (exact) mass is 382 g/mol. The van der Waals surface area contributed by atoms with Gasteiger partial charge in [0.1, 0.15) is 11.5 Å². The predicted octanol–water partition coefficient (Wildman–Crippen LogP) is 3.40. The molecule has 1 saturated carbocycles. The number of ether oxygens (including phenoxy) is 2. The van der Waals surface area contributed by atoms with Crippen molar-refractivity contribution in [3.05, 3.63) is 35.9 Å². The number of imide groups is 1. The van der Waals surface area contributed by atoms with Crippen molar-refractivity contribution in [1.29, 1.82) is 0 Å². The Balaban J connectivity index is 1.57. The van der Waals surface area contributed by atoms with Crippen molar-refractivity contribution in [3.63, 3.8) is 0 Å². The van der Waals surface area contributed by atoms with Gasteiger partial charge < -0.3 is 9.47 Å². The number of rotatable bonds is 6. The molecule has 0 radical (unpaired) electrons. The van der Waals surface area contributed by atoms with E-state index >= 15 is 0 Å². The Labute approximate surface area is 165 Å². The SMILES string of the molecule is CC(C)Oc1ccc(/C=N\N2C(=O)[C@H]3[C@H](C2=O)[C@H]2C=C[C@H]3C2)c(OC(C)C)c1. The molecule has 1 heterocycles. The highest BCUT2D eigenvalue weighted by atomic mass is 16.5. The van der Waals surface area contributed by atoms with E-state index in [9.17, 15) is 9.59 Å². The third-order valence-corrected chi connectivity index (χ3v) is 5.48. The Morgan fingerprint density at radius 2 is 1.61 bits per heavy atom. The van der Waals surface area contributed by atoms with Gasteiger partial charge in [-0.2, -0.15) is 10.1 Å². The van der Waals surface area contributed by atoms with Crippen LogP contribution < -0.4 is 9.47 Å². The number of amides is 2. The van der Waals surface area contributed by atoms with E-state index in [0.29, 0.717) is 17.1 Å². The second kappa shape index (κ2) is 7.08. The minimum absolute atomic E-state index is 0.0300. The number of carbonyl (C=O) groups excluding carboxylic acids is 2. The third kappa shape index (κ3) is 3.21. The Hall–Kier alpha value is -2.63. The Kier molecular flexibility index (Phi) is 4.73. The fraction of sp³-hybridized carbons (Fsp3) is 0.500. The van der Waals surface area contributed by atoms with Gasteiger partial charge in [-0.1, -0.05) is 12.2 Å². The topological polar surface area (TPSA) is 68.2 Å². The zero-order valence-corrected chi connectivity index (χ0v) is 16.7. The molecule has 3 aliphatic rings. The standard InChI is InChI=1S/C22H26N2O4/c1-12(2)27-17-8-7-16(18(10-17)28-13(3)4)11-23-24-21(25)19-14-5-6-15(9-14)20(19)22(24)26/h5-8,10-15,19-20H,9H2,1-4H3/b23-11-/t14-,15-,19+,20+/m0/s1. The van der Waals surface area contributed by atoms with Crippen molar-refractivity contribution in [2.45, 2.75) is 46.3 Å². The van der Waals surface area contributed by atoms with E-state index in [1.807, 2.05) is 45.9 Å². The maximum atomic E-state index is 12.8. The van der Waals surface area contributed by atoms with Gasteiger partial charge in [-0.25, -0.2) is 0 Å². The molecule has 148 valence electrons. The molecule has 0 unspecified atom stereocenters. The van der Waals surface area contributed by atoms with E-state index in [4.69, 9.17) is 9.47 Å². The summed E-state index contributed by atoms with van der Waals surface area (Å²) in [5.74, 6) is 0.813. The van der Waals surface area contributed by atoms with E-state index in [0.717, 1.165) is 11.4 Å². The molecule has 1 saturated heterocycles. The summed E-state index contributed by atoms with van der Waals surface area (Å²) in [5.41, 5.74) is 0.698. The number of allylic oxidation sites excluding steroid dienone is 2. The highest BCUT2D eigenvalue weighted by Gasteiger charge is 2.59. The Bertz CT molecular complexity index is 828. The van der Waals surface area contributed by atoms with Gasteiger partial charge in [-0.05, 0) is 58.1 Å².